The molecule has 2 aromatic rings. The van der Waals surface area contributed by atoms with Crippen LogP contribution in [0.1, 0.15) is 38.3 Å². The zero-order valence-electron chi connectivity index (χ0n) is 16.4. The Morgan fingerprint density at radius 2 is 1.73 bits per heavy atom. The van der Waals surface area contributed by atoms with Gasteiger partial charge in [0.05, 0.1) is 0 Å². The van der Waals surface area contributed by atoms with Gasteiger partial charge < -0.3 is 15.5 Å². The summed E-state index contributed by atoms with van der Waals surface area (Å²) in [5.41, 5.74) is 5.61. The fourth-order valence-electron chi connectivity index (χ4n) is 3.11. The number of carbonyl (C=O) groups excluding carboxylic acids is 1. The number of hydrogen-bond donors (Lipinski definition) is 2. The highest BCUT2D eigenvalue weighted by molar-refractivity contribution is 5.91. The van der Waals surface area contributed by atoms with Gasteiger partial charge in [0.15, 0.2) is 0 Å². The third-order valence-corrected chi connectivity index (χ3v) is 4.68. The molecule has 2 N–H and O–H groups in total. The van der Waals surface area contributed by atoms with Gasteiger partial charge in [-0.1, -0.05) is 25.1 Å². The summed E-state index contributed by atoms with van der Waals surface area (Å²) in [4.78, 5) is 14.5. The molecule has 0 aliphatic rings. The molecule has 0 bridgehead atoms. The molecule has 2 aromatic carbocycles. The van der Waals surface area contributed by atoms with E-state index in [9.17, 15) is 4.79 Å². The average Bonchev–Trinajstić information content (AvgIpc) is 2.65. The predicted octanol–water partition coefficient (Wildman–Crippen LogP) is 4.84. The van der Waals surface area contributed by atoms with Crippen LogP contribution in [0, 0.1) is 6.92 Å². The first-order valence-electron chi connectivity index (χ1n) is 9.56. The Labute approximate surface area is 157 Å². The Morgan fingerprint density at radius 3 is 2.38 bits per heavy atom. The third kappa shape index (κ3) is 5.25. The lowest BCUT2D eigenvalue weighted by atomic mass is 10.1. The van der Waals surface area contributed by atoms with E-state index in [2.05, 4.69) is 67.5 Å². The summed E-state index contributed by atoms with van der Waals surface area (Å²) in [6.45, 7) is 11.2. The van der Waals surface area contributed by atoms with Crippen molar-refractivity contribution >= 4 is 23.0 Å². The van der Waals surface area contributed by atoms with Gasteiger partial charge >= 0.3 is 0 Å². The quantitative estimate of drug-likeness (QED) is 0.678. The van der Waals surface area contributed by atoms with Gasteiger partial charge in [-0.3, -0.25) is 4.79 Å². The summed E-state index contributed by atoms with van der Waals surface area (Å²) in [5.74, 6) is 0.0378. The largest absolute Gasteiger partial charge is 0.384 e. The number of rotatable bonds is 9. The Balaban J connectivity index is 1.88. The average molecular weight is 354 g/mol. The number of carbonyl (C=O) groups is 1. The van der Waals surface area contributed by atoms with E-state index in [0.717, 1.165) is 36.4 Å². The van der Waals surface area contributed by atoms with E-state index in [1.165, 1.54) is 11.3 Å². The van der Waals surface area contributed by atoms with Crippen LogP contribution in [-0.4, -0.2) is 25.5 Å². The van der Waals surface area contributed by atoms with E-state index in [1.807, 2.05) is 18.2 Å². The van der Waals surface area contributed by atoms with Crippen LogP contribution in [0.2, 0.25) is 0 Å². The number of anilines is 3. The summed E-state index contributed by atoms with van der Waals surface area (Å²) < 4.78 is 0. The minimum atomic E-state index is 0.0378. The van der Waals surface area contributed by atoms with Crippen LogP contribution >= 0.6 is 0 Å². The highest BCUT2D eigenvalue weighted by Gasteiger charge is 2.07. The Hall–Kier alpha value is -2.49. The lowest BCUT2D eigenvalue weighted by Gasteiger charge is -2.22. The molecule has 0 radical (unpaired) electrons. The van der Waals surface area contributed by atoms with Crippen molar-refractivity contribution in [1.82, 2.24) is 0 Å². The fraction of sp³-hybridized carbons (Fsp3) is 0.409. The monoisotopic (exact) mass is 353 g/mol. The van der Waals surface area contributed by atoms with Crippen molar-refractivity contribution in [2.45, 2.75) is 40.5 Å². The van der Waals surface area contributed by atoms with E-state index in [-0.39, 0.29) is 5.91 Å². The molecule has 0 heterocycles. The van der Waals surface area contributed by atoms with Crippen molar-refractivity contribution < 1.29 is 4.79 Å². The van der Waals surface area contributed by atoms with Gasteiger partial charge in [-0.05, 0) is 62.6 Å². The Morgan fingerprint density at radius 1 is 1.00 bits per heavy atom. The molecule has 0 spiro atoms. The maximum absolute atomic E-state index is 12.2. The molecule has 4 nitrogen and oxygen atoms in total. The minimum Gasteiger partial charge on any atom is -0.384 e. The number of amides is 1. The smallest absolute Gasteiger partial charge is 0.226 e. The Bertz CT molecular complexity index is 723. The number of hydrogen-bond acceptors (Lipinski definition) is 3. The van der Waals surface area contributed by atoms with Crippen molar-refractivity contribution in [2.75, 3.05) is 35.2 Å². The molecule has 26 heavy (non-hydrogen) atoms. The molecule has 0 aromatic heterocycles. The van der Waals surface area contributed by atoms with Crippen molar-refractivity contribution in [3.8, 4) is 0 Å². The van der Waals surface area contributed by atoms with Gasteiger partial charge in [-0.2, -0.15) is 0 Å². The van der Waals surface area contributed by atoms with Crippen molar-refractivity contribution in [3.63, 3.8) is 0 Å². The third-order valence-electron chi connectivity index (χ3n) is 4.68. The maximum Gasteiger partial charge on any atom is 0.226 e. The lowest BCUT2D eigenvalue weighted by molar-refractivity contribution is -0.115. The normalized spacial score (nSPS) is 10.5. The molecule has 0 aliphatic carbocycles. The van der Waals surface area contributed by atoms with Gasteiger partial charge in [0.2, 0.25) is 5.91 Å². The highest BCUT2D eigenvalue weighted by Crippen LogP contribution is 2.22. The van der Waals surface area contributed by atoms with Crippen molar-refractivity contribution in [3.05, 3.63) is 53.6 Å². The van der Waals surface area contributed by atoms with E-state index in [4.69, 9.17) is 0 Å². The zero-order chi connectivity index (χ0) is 18.9. The topological polar surface area (TPSA) is 44.4 Å². The molecular formula is C22H31N3O. The second-order valence-corrected chi connectivity index (χ2v) is 6.41. The number of nitrogens with zero attached hydrogens (tertiary/aromatic N) is 1. The molecule has 140 valence electrons. The van der Waals surface area contributed by atoms with Gasteiger partial charge in [-0.15, -0.1) is 0 Å². The number of benzene rings is 2. The fourth-order valence-corrected chi connectivity index (χ4v) is 3.11. The first kappa shape index (κ1) is 19.8. The molecule has 1 amide bonds. The standard InChI is InChI=1S/C22H31N3O/c1-5-18-10-8-9-11-21(18)24-22(26)14-15-23-20-13-12-19(16-17(20)4)25(6-2)7-3/h8-13,16,23H,5-7,14-15H2,1-4H3,(H,24,26). The van der Waals surface area contributed by atoms with Crippen molar-refractivity contribution in [2.24, 2.45) is 0 Å². The van der Waals surface area contributed by atoms with E-state index in [0.29, 0.717) is 13.0 Å². The molecule has 0 fully saturated rings. The number of nitrogens with one attached hydrogen (secondary N) is 2. The van der Waals surface area contributed by atoms with Crippen LogP contribution in [0.4, 0.5) is 17.1 Å². The molecular weight excluding hydrogens is 322 g/mol. The molecule has 0 aliphatic heterocycles. The molecule has 2 rings (SSSR count). The van der Waals surface area contributed by atoms with Gasteiger partial charge in [-0.25, -0.2) is 0 Å². The molecule has 0 saturated heterocycles. The summed E-state index contributed by atoms with van der Waals surface area (Å²) in [5, 5.41) is 6.40. The van der Waals surface area contributed by atoms with Crippen LogP contribution in [0.3, 0.4) is 0 Å². The first-order valence-corrected chi connectivity index (χ1v) is 9.56. The second kappa shape index (κ2) is 9.85. The molecule has 4 heteroatoms. The van der Waals surface area contributed by atoms with Crippen molar-refractivity contribution in [1.29, 1.82) is 0 Å². The molecule has 0 unspecified atom stereocenters. The van der Waals surface area contributed by atoms with E-state index in [1.54, 1.807) is 0 Å². The van der Waals surface area contributed by atoms with Crippen LogP contribution in [0.5, 0.6) is 0 Å². The predicted molar refractivity (Wildman–Crippen MR) is 112 cm³/mol. The molecule has 0 atom stereocenters. The second-order valence-electron chi connectivity index (χ2n) is 6.41. The zero-order valence-corrected chi connectivity index (χ0v) is 16.4. The van der Waals surface area contributed by atoms with Crippen LogP contribution in [-0.2, 0) is 11.2 Å². The number of para-hydroxylation sites is 1. The summed E-state index contributed by atoms with van der Waals surface area (Å²) in [6, 6.07) is 14.4. The summed E-state index contributed by atoms with van der Waals surface area (Å²) in [6.07, 6.45) is 1.35. The number of aryl methyl sites for hydroxylation is 2. The Kier molecular flexibility index (Phi) is 7.52. The SMILES string of the molecule is CCc1ccccc1NC(=O)CCNc1ccc(N(CC)CC)cc1C. The van der Waals surface area contributed by atoms with Gasteiger partial charge in [0.25, 0.3) is 0 Å². The van der Waals surface area contributed by atoms with Gasteiger partial charge in [0.1, 0.15) is 0 Å². The maximum atomic E-state index is 12.2. The van der Waals surface area contributed by atoms with Gasteiger partial charge in [0, 0.05) is 43.1 Å². The lowest BCUT2D eigenvalue weighted by Crippen LogP contribution is -2.22. The molecule has 0 saturated carbocycles. The van der Waals surface area contributed by atoms with Crippen LogP contribution < -0.4 is 15.5 Å². The van der Waals surface area contributed by atoms with E-state index >= 15 is 0 Å². The first-order chi connectivity index (χ1) is 12.6. The summed E-state index contributed by atoms with van der Waals surface area (Å²) >= 11 is 0. The van der Waals surface area contributed by atoms with Crippen LogP contribution in [0.25, 0.3) is 0 Å². The summed E-state index contributed by atoms with van der Waals surface area (Å²) in [7, 11) is 0. The van der Waals surface area contributed by atoms with Crippen LogP contribution in [0.15, 0.2) is 42.5 Å². The highest BCUT2D eigenvalue weighted by atomic mass is 16.1. The minimum absolute atomic E-state index is 0.0378. The van der Waals surface area contributed by atoms with E-state index < -0.39 is 0 Å².